The van der Waals surface area contributed by atoms with Crippen LogP contribution in [0.3, 0.4) is 0 Å². The highest BCUT2D eigenvalue weighted by Gasteiger charge is 2.10. The Balaban J connectivity index is 2.12. The van der Waals surface area contributed by atoms with E-state index >= 15 is 0 Å². The van der Waals surface area contributed by atoms with Crippen LogP contribution in [0, 0.1) is 0 Å². The second-order valence-corrected chi connectivity index (χ2v) is 4.98. The summed E-state index contributed by atoms with van der Waals surface area (Å²) in [5.74, 6) is 0. The number of pyridine rings is 1. The van der Waals surface area contributed by atoms with Gasteiger partial charge >= 0.3 is 0 Å². The number of rotatable bonds is 3. The Morgan fingerprint density at radius 2 is 2.00 bits per heavy atom. The molecule has 0 aliphatic carbocycles. The van der Waals surface area contributed by atoms with Gasteiger partial charge in [0.2, 0.25) is 0 Å². The van der Waals surface area contributed by atoms with Crippen molar-refractivity contribution in [2.45, 2.75) is 6.42 Å². The van der Waals surface area contributed by atoms with E-state index in [1.807, 2.05) is 30.3 Å². The van der Waals surface area contributed by atoms with Gasteiger partial charge in [-0.3, -0.25) is 4.98 Å². The molecule has 0 unspecified atom stereocenters. The molecule has 0 saturated heterocycles. The lowest BCUT2D eigenvalue weighted by Gasteiger charge is -2.01. The van der Waals surface area contributed by atoms with Crippen LogP contribution in [0.1, 0.15) is 5.01 Å². The normalized spacial score (nSPS) is 10.9. The van der Waals surface area contributed by atoms with Crippen molar-refractivity contribution in [3.05, 3.63) is 41.5 Å². The molecule has 1 aromatic carbocycles. The fourth-order valence-electron chi connectivity index (χ4n) is 1.86. The molecule has 3 rings (SSSR count). The Bertz CT molecular complexity index is 672. The fourth-order valence-corrected chi connectivity index (χ4v) is 2.74. The highest BCUT2D eigenvalue weighted by Crippen LogP contribution is 2.29. The SMILES string of the molecule is NCCc1nnc(-c2cccc3cccnc23)s1. The number of para-hydroxylation sites is 1. The van der Waals surface area contributed by atoms with Crippen molar-refractivity contribution in [1.82, 2.24) is 15.2 Å². The lowest BCUT2D eigenvalue weighted by atomic mass is 10.1. The Hall–Kier alpha value is -1.85. The molecule has 0 saturated carbocycles. The molecule has 4 nitrogen and oxygen atoms in total. The summed E-state index contributed by atoms with van der Waals surface area (Å²) < 4.78 is 0. The molecular formula is C13H12N4S. The third kappa shape index (κ3) is 1.98. The molecule has 0 atom stereocenters. The van der Waals surface area contributed by atoms with E-state index in [9.17, 15) is 0 Å². The van der Waals surface area contributed by atoms with E-state index in [0.717, 1.165) is 32.9 Å². The topological polar surface area (TPSA) is 64.7 Å². The molecule has 90 valence electrons. The fraction of sp³-hybridized carbons (Fsp3) is 0.154. The van der Waals surface area contributed by atoms with Crippen LogP contribution in [0.4, 0.5) is 0 Å². The summed E-state index contributed by atoms with van der Waals surface area (Å²) in [6.07, 6.45) is 2.57. The molecule has 0 radical (unpaired) electrons. The second-order valence-electron chi connectivity index (χ2n) is 3.92. The van der Waals surface area contributed by atoms with Crippen molar-refractivity contribution in [2.24, 2.45) is 5.73 Å². The Morgan fingerprint density at radius 3 is 2.89 bits per heavy atom. The minimum absolute atomic E-state index is 0.600. The van der Waals surface area contributed by atoms with Gasteiger partial charge in [-0.05, 0) is 18.7 Å². The van der Waals surface area contributed by atoms with Gasteiger partial charge in [-0.25, -0.2) is 0 Å². The molecule has 0 spiro atoms. The lowest BCUT2D eigenvalue weighted by molar-refractivity contribution is 0.913. The quantitative estimate of drug-likeness (QED) is 0.780. The van der Waals surface area contributed by atoms with E-state index < -0.39 is 0 Å². The highest BCUT2D eigenvalue weighted by atomic mass is 32.1. The highest BCUT2D eigenvalue weighted by molar-refractivity contribution is 7.14. The molecule has 5 heteroatoms. The molecule has 2 aromatic heterocycles. The third-order valence-electron chi connectivity index (χ3n) is 2.69. The molecule has 0 bridgehead atoms. The van der Waals surface area contributed by atoms with Gasteiger partial charge in [0.25, 0.3) is 0 Å². The van der Waals surface area contributed by atoms with Crippen LogP contribution in [0.15, 0.2) is 36.5 Å². The van der Waals surface area contributed by atoms with E-state index in [0.29, 0.717) is 6.54 Å². The summed E-state index contributed by atoms with van der Waals surface area (Å²) >= 11 is 1.58. The average Bonchev–Trinajstić information content (AvgIpc) is 2.87. The second kappa shape index (κ2) is 4.80. The Morgan fingerprint density at radius 1 is 1.11 bits per heavy atom. The number of hydrogen-bond donors (Lipinski definition) is 1. The van der Waals surface area contributed by atoms with E-state index in [1.54, 1.807) is 17.5 Å². The number of hydrogen-bond acceptors (Lipinski definition) is 5. The van der Waals surface area contributed by atoms with Crippen LogP contribution in [-0.2, 0) is 6.42 Å². The number of nitrogens with zero attached hydrogens (tertiary/aromatic N) is 3. The predicted octanol–water partition coefficient (Wildman–Crippen LogP) is 2.25. The zero-order valence-corrected chi connectivity index (χ0v) is 10.5. The van der Waals surface area contributed by atoms with Gasteiger partial charge in [-0.15, -0.1) is 10.2 Å². The zero-order chi connectivity index (χ0) is 12.4. The largest absolute Gasteiger partial charge is 0.330 e. The summed E-state index contributed by atoms with van der Waals surface area (Å²) in [4.78, 5) is 4.43. The minimum atomic E-state index is 0.600. The van der Waals surface area contributed by atoms with Gasteiger partial charge in [0.15, 0.2) is 0 Å². The molecule has 0 fully saturated rings. The van der Waals surface area contributed by atoms with E-state index in [2.05, 4.69) is 15.2 Å². The minimum Gasteiger partial charge on any atom is -0.330 e. The van der Waals surface area contributed by atoms with Crippen LogP contribution < -0.4 is 5.73 Å². The van der Waals surface area contributed by atoms with E-state index in [1.165, 1.54) is 0 Å². The van der Waals surface area contributed by atoms with Crippen molar-refractivity contribution in [3.63, 3.8) is 0 Å². The summed E-state index contributed by atoms with van der Waals surface area (Å²) in [6.45, 7) is 0.600. The van der Waals surface area contributed by atoms with Crippen molar-refractivity contribution in [1.29, 1.82) is 0 Å². The maximum absolute atomic E-state index is 5.53. The number of nitrogens with two attached hydrogens (primary N) is 1. The lowest BCUT2D eigenvalue weighted by Crippen LogP contribution is -2.01. The predicted molar refractivity (Wildman–Crippen MR) is 73.4 cm³/mol. The maximum atomic E-state index is 5.53. The van der Waals surface area contributed by atoms with Gasteiger partial charge in [-0.2, -0.15) is 0 Å². The molecule has 2 heterocycles. The maximum Gasteiger partial charge on any atom is 0.150 e. The van der Waals surface area contributed by atoms with Crippen LogP contribution in [-0.4, -0.2) is 21.7 Å². The van der Waals surface area contributed by atoms with Gasteiger partial charge in [-0.1, -0.05) is 29.5 Å². The Labute approximate surface area is 109 Å². The number of aromatic nitrogens is 3. The number of fused-ring (bicyclic) bond motifs is 1. The Kier molecular flexibility index (Phi) is 3.00. The van der Waals surface area contributed by atoms with E-state index in [4.69, 9.17) is 5.73 Å². The zero-order valence-electron chi connectivity index (χ0n) is 9.71. The molecule has 0 amide bonds. The average molecular weight is 256 g/mol. The first-order chi connectivity index (χ1) is 8.88. The molecule has 2 N–H and O–H groups in total. The van der Waals surface area contributed by atoms with Crippen molar-refractivity contribution >= 4 is 22.2 Å². The van der Waals surface area contributed by atoms with Crippen LogP contribution in [0.2, 0.25) is 0 Å². The monoisotopic (exact) mass is 256 g/mol. The molecule has 0 aliphatic rings. The molecule has 3 aromatic rings. The summed E-state index contributed by atoms with van der Waals surface area (Å²) in [5.41, 5.74) is 7.53. The smallest absolute Gasteiger partial charge is 0.150 e. The third-order valence-corrected chi connectivity index (χ3v) is 3.70. The van der Waals surface area contributed by atoms with Crippen LogP contribution >= 0.6 is 11.3 Å². The standard InChI is InChI=1S/C13H12N4S/c14-7-6-11-16-17-13(18-11)10-5-1-3-9-4-2-8-15-12(9)10/h1-5,8H,6-7,14H2. The van der Waals surface area contributed by atoms with Gasteiger partial charge in [0, 0.05) is 23.6 Å². The molecule has 0 aliphatic heterocycles. The number of benzene rings is 1. The van der Waals surface area contributed by atoms with Gasteiger partial charge in [0.1, 0.15) is 10.0 Å². The van der Waals surface area contributed by atoms with Crippen molar-refractivity contribution < 1.29 is 0 Å². The van der Waals surface area contributed by atoms with Crippen LogP contribution in [0.25, 0.3) is 21.5 Å². The first-order valence-electron chi connectivity index (χ1n) is 5.75. The molecule has 18 heavy (non-hydrogen) atoms. The van der Waals surface area contributed by atoms with Crippen LogP contribution in [0.5, 0.6) is 0 Å². The first-order valence-corrected chi connectivity index (χ1v) is 6.56. The summed E-state index contributed by atoms with van der Waals surface area (Å²) in [6, 6.07) is 10.1. The summed E-state index contributed by atoms with van der Waals surface area (Å²) in [5, 5.41) is 11.4. The van der Waals surface area contributed by atoms with Gasteiger partial charge in [0.05, 0.1) is 5.52 Å². The summed E-state index contributed by atoms with van der Waals surface area (Å²) in [7, 11) is 0. The van der Waals surface area contributed by atoms with Crippen molar-refractivity contribution in [3.8, 4) is 10.6 Å². The van der Waals surface area contributed by atoms with Crippen molar-refractivity contribution in [2.75, 3.05) is 6.54 Å². The molecular weight excluding hydrogens is 244 g/mol. The first kappa shape index (κ1) is 11.3. The van der Waals surface area contributed by atoms with E-state index in [-0.39, 0.29) is 0 Å². The van der Waals surface area contributed by atoms with Gasteiger partial charge < -0.3 is 5.73 Å².